The minimum absolute atomic E-state index is 0.179. The van der Waals surface area contributed by atoms with Crippen LogP contribution in [-0.4, -0.2) is 29.3 Å². The molecule has 0 aromatic heterocycles. The summed E-state index contributed by atoms with van der Waals surface area (Å²) >= 11 is 0. The molecule has 1 aromatic carbocycles. The summed E-state index contributed by atoms with van der Waals surface area (Å²) in [5.41, 5.74) is 1.90. The number of nitrogens with zero attached hydrogens (tertiary/aromatic N) is 1. The van der Waals surface area contributed by atoms with Gasteiger partial charge in [0.1, 0.15) is 5.75 Å². The molecule has 1 aliphatic carbocycles. The van der Waals surface area contributed by atoms with E-state index in [9.17, 15) is 18.3 Å². The largest absolute Gasteiger partial charge is 0.508 e. The average molecular weight is 273 g/mol. The summed E-state index contributed by atoms with van der Waals surface area (Å²) in [6.07, 6.45) is -1.76. The Bertz CT molecular complexity index is 445. The van der Waals surface area contributed by atoms with Crippen LogP contribution in [0.25, 0.3) is 0 Å². The van der Waals surface area contributed by atoms with Gasteiger partial charge < -0.3 is 5.11 Å². The van der Waals surface area contributed by atoms with E-state index in [0.717, 1.165) is 30.4 Å². The van der Waals surface area contributed by atoms with E-state index in [0.29, 0.717) is 6.54 Å². The molecule has 0 bridgehead atoms. The average Bonchev–Trinajstić information content (AvgIpc) is 2.34. The van der Waals surface area contributed by atoms with Crippen LogP contribution >= 0.6 is 0 Å². The van der Waals surface area contributed by atoms with Gasteiger partial charge in [0.05, 0.1) is 6.54 Å². The first-order valence-electron chi connectivity index (χ1n) is 6.53. The Morgan fingerprint density at radius 1 is 1.37 bits per heavy atom. The predicted octanol–water partition coefficient (Wildman–Crippen LogP) is 3.65. The van der Waals surface area contributed by atoms with E-state index in [2.05, 4.69) is 0 Å². The number of phenols is 1. The Morgan fingerprint density at radius 3 is 2.74 bits per heavy atom. The molecule has 1 aliphatic rings. The molecule has 0 amide bonds. The molecule has 0 saturated carbocycles. The minimum Gasteiger partial charge on any atom is -0.508 e. The lowest BCUT2D eigenvalue weighted by molar-refractivity contribution is -0.151. The molecule has 0 saturated heterocycles. The van der Waals surface area contributed by atoms with Crippen LogP contribution in [0.3, 0.4) is 0 Å². The predicted molar refractivity (Wildman–Crippen MR) is 67.1 cm³/mol. The normalized spacial score (nSPS) is 19.5. The SMILES string of the molecule is CCN(CC(F)(F)F)C1CCCc2cc(O)ccc21. The first kappa shape index (κ1) is 14.2. The minimum atomic E-state index is -4.18. The van der Waals surface area contributed by atoms with Crippen molar-refractivity contribution in [2.45, 2.75) is 38.4 Å². The van der Waals surface area contributed by atoms with Gasteiger partial charge in [-0.15, -0.1) is 0 Å². The lowest BCUT2D eigenvalue weighted by Gasteiger charge is -2.35. The molecule has 19 heavy (non-hydrogen) atoms. The number of benzene rings is 1. The molecule has 1 atom stereocenters. The van der Waals surface area contributed by atoms with Crippen molar-refractivity contribution in [1.29, 1.82) is 0 Å². The van der Waals surface area contributed by atoms with E-state index >= 15 is 0 Å². The van der Waals surface area contributed by atoms with Crippen LogP contribution in [0.4, 0.5) is 13.2 Å². The lowest BCUT2D eigenvalue weighted by atomic mass is 9.86. The van der Waals surface area contributed by atoms with Crippen LogP contribution in [0.15, 0.2) is 18.2 Å². The number of phenolic OH excluding ortho intramolecular Hbond substituents is 1. The number of hydrogen-bond acceptors (Lipinski definition) is 2. The number of halogens is 3. The maximum absolute atomic E-state index is 12.6. The van der Waals surface area contributed by atoms with Crippen molar-refractivity contribution in [2.75, 3.05) is 13.1 Å². The third-order valence-electron chi connectivity index (χ3n) is 3.64. The maximum Gasteiger partial charge on any atom is 0.401 e. The maximum atomic E-state index is 12.6. The quantitative estimate of drug-likeness (QED) is 0.908. The van der Waals surface area contributed by atoms with Crippen LogP contribution in [0, 0.1) is 0 Å². The molecule has 0 aliphatic heterocycles. The second-order valence-electron chi connectivity index (χ2n) is 4.97. The van der Waals surface area contributed by atoms with E-state index in [-0.39, 0.29) is 11.8 Å². The number of aryl methyl sites for hydroxylation is 1. The molecule has 0 heterocycles. The summed E-state index contributed by atoms with van der Waals surface area (Å²) in [5.74, 6) is 0.179. The van der Waals surface area contributed by atoms with E-state index in [1.165, 1.54) is 4.90 Å². The highest BCUT2D eigenvalue weighted by Gasteiger charge is 2.35. The fourth-order valence-electron chi connectivity index (χ4n) is 2.83. The van der Waals surface area contributed by atoms with Crippen LogP contribution in [0.2, 0.25) is 0 Å². The van der Waals surface area contributed by atoms with Gasteiger partial charge in [0, 0.05) is 6.04 Å². The number of alkyl halides is 3. The van der Waals surface area contributed by atoms with Crippen molar-refractivity contribution < 1.29 is 18.3 Å². The number of aromatic hydroxyl groups is 1. The number of hydrogen-bond donors (Lipinski definition) is 1. The van der Waals surface area contributed by atoms with Gasteiger partial charge in [-0.05, 0) is 49.1 Å². The number of fused-ring (bicyclic) bond motifs is 1. The molecular formula is C14H18F3NO. The van der Waals surface area contributed by atoms with Gasteiger partial charge in [-0.25, -0.2) is 0 Å². The smallest absolute Gasteiger partial charge is 0.401 e. The molecule has 0 spiro atoms. The molecule has 1 unspecified atom stereocenters. The highest BCUT2D eigenvalue weighted by molar-refractivity contribution is 5.38. The molecule has 5 heteroatoms. The molecule has 1 N–H and O–H groups in total. The second-order valence-corrected chi connectivity index (χ2v) is 4.97. The Balaban J connectivity index is 2.26. The molecular weight excluding hydrogens is 255 g/mol. The summed E-state index contributed by atoms with van der Waals surface area (Å²) in [6.45, 7) is 1.24. The Hall–Kier alpha value is -1.23. The third-order valence-corrected chi connectivity index (χ3v) is 3.64. The zero-order valence-electron chi connectivity index (χ0n) is 10.9. The Kier molecular flexibility index (Phi) is 4.04. The topological polar surface area (TPSA) is 23.5 Å². The monoisotopic (exact) mass is 273 g/mol. The summed E-state index contributed by atoms with van der Waals surface area (Å²) in [5, 5.41) is 9.46. The Morgan fingerprint density at radius 2 is 2.11 bits per heavy atom. The second kappa shape index (κ2) is 5.41. The Labute approximate surface area is 110 Å². The van der Waals surface area contributed by atoms with Crippen molar-refractivity contribution in [3.8, 4) is 5.75 Å². The van der Waals surface area contributed by atoms with Crippen molar-refractivity contribution in [3.63, 3.8) is 0 Å². The molecule has 1 aromatic rings. The third kappa shape index (κ3) is 3.41. The zero-order valence-corrected chi connectivity index (χ0v) is 10.9. The van der Waals surface area contributed by atoms with Gasteiger partial charge in [-0.3, -0.25) is 4.90 Å². The van der Waals surface area contributed by atoms with Crippen LogP contribution in [0.1, 0.15) is 36.9 Å². The van der Waals surface area contributed by atoms with Gasteiger partial charge in [-0.1, -0.05) is 13.0 Å². The summed E-state index contributed by atoms with van der Waals surface area (Å²) in [7, 11) is 0. The van der Waals surface area contributed by atoms with E-state index in [4.69, 9.17) is 0 Å². The van der Waals surface area contributed by atoms with E-state index < -0.39 is 12.7 Å². The first-order chi connectivity index (χ1) is 8.90. The van der Waals surface area contributed by atoms with Gasteiger partial charge in [0.25, 0.3) is 0 Å². The van der Waals surface area contributed by atoms with Crippen LogP contribution in [0.5, 0.6) is 5.75 Å². The van der Waals surface area contributed by atoms with Crippen LogP contribution < -0.4 is 0 Å². The van der Waals surface area contributed by atoms with Gasteiger partial charge in [0.15, 0.2) is 0 Å². The summed E-state index contributed by atoms with van der Waals surface area (Å²) in [4.78, 5) is 1.47. The van der Waals surface area contributed by atoms with E-state index in [1.54, 1.807) is 25.1 Å². The van der Waals surface area contributed by atoms with Crippen LogP contribution in [-0.2, 0) is 6.42 Å². The van der Waals surface area contributed by atoms with Crippen molar-refractivity contribution >= 4 is 0 Å². The number of rotatable bonds is 3. The summed E-state index contributed by atoms with van der Waals surface area (Å²) in [6, 6.07) is 4.78. The first-order valence-corrected chi connectivity index (χ1v) is 6.53. The highest BCUT2D eigenvalue weighted by Crippen LogP contribution is 2.37. The van der Waals surface area contributed by atoms with Crippen molar-refractivity contribution in [1.82, 2.24) is 4.90 Å². The molecule has 106 valence electrons. The molecule has 0 fully saturated rings. The highest BCUT2D eigenvalue weighted by atomic mass is 19.4. The van der Waals surface area contributed by atoms with Gasteiger partial charge in [0.2, 0.25) is 0 Å². The standard InChI is InChI=1S/C14H18F3NO/c1-2-18(9-14(15,16)17)13-5-3-4-10-8-11(19)6-7-12(10)13/h6-8,13,19H,2-5,9H2,1H3. The molecule has 2 rings (SSSR count). The zero-order chi connectivity index (χ0) is 14.0. The van der Waals surface area contributed by atoms with Gasteiger partial charge >= 0.3 is 6.18 Å². The fraction of sp³-hybridized carbons (Fsp3) is 0.571. The van der Waals surface area contributed by atoms with E-state index in [1.807, 2.05) is 0 Å². The fourth-order valence-corrected chi connectivity index (χ4v) is 2.83. The van der Waals surface area contributed by atoms with Gasteiger partial charge in [-0.2, -0.15) is 13.2 Å². The molecule has 2 nitrogen and oxygen atoms in total. The molecule has 0 radical (unpaired) electrons. The lowest BCUT2D eigenvalue weighted by Crippen LogP contribution is -2.38. The van der Waals surface area contributed by atoms with Crippen molar-refractivity contribution in [2.24, 2.45) is 0 Å². The van der Waals surface area contributed by atoms with Crippen molar-refractivity contribution in [3.05, 3.63) is 29.3 Å². The summed E-state index contributed by atoms with van der Waals surface area (Å²) < 4.78 is 37.8.